The van der Waals surface area contributed by atoms with Gasteiger partial charge in [0.2, 0.25) is 5.91 Å². The molecular weight excluding hydrogens is 250 g/mol. The fraction of sp³-hybridized carbons (Fsp3) is 0.357. The van der Waals surface area contributed by atoms with Crippen molar-refractivity contribution in [3.8, 4) is 0 Å². The summed E-state index contributed by atoms with van der Waals surface area (Å²) in [6.45, 7) is 3.14. The molecule has 1 aromatic rings. The minimum Gasteiger partial charge on any atom is -0.375 e. The van der Waals surface area contributed by atoms with Crippen LogP contribution < -0.4 is 4.90 Å². The van der Waals surface area contributed by atoms with Gasteiger partial charge in [0.05, 0.1) is 19.3 Å². The van der Waals surface area contributed by atoms with E-state index in [1.54, 1.807) is 4.90 Å². The number of alkyl halides is 1. The Labute approximate surface area is 112 Å². The van der Waals surface area contributed by atoms with Gasteiger partial charge in [0.1, 0.15) is 5.88 Å². The smallest absolute Gasteiger partial charge is 0.242 e. The molecule has 0 bridgehead atoms. The lowest BCUT2D eigenvalue weighted by molar-refractivity contribution is -0.116. The standard InChI is InChI=1S/C14H16ClNO2/c1-11-7-8-18-10-13(11)16(14(17)9-15)12-5-3-2-4-6-12/h2-7,13H,8-10H2,1H3. The summed E-state index contributed by atoms with van der Waals surface area (Å²) in [5, 5.41) is 0. The Bertz CT molecular complexity index is 444. The number of carbonyl (C=O) groups is 1. The van der Waals surface area contributed by atoms with Crippen molar-refractivity contribution in [3.63, 3.8) is 0 Å². The maximum absolute atomic E-state index is 12.1. The van der Waals surface area contributed by atoms with E-state index in [4.69, 9.17) is 16.3 Å². The predicted octanol–water partition coefficient (Wildman–Crippen LogP) is 2.60. The van der Waals surface area contributed by atoms with E-state index >= 15 is 0 Å². The first-order valence-electron chi connectivity index (χ1n) is 5.91. The zero-order chi connectivity index (χ0) is 13.0. The van der Waals surface area contributed by atoms with Crippen molar-refractivity contribution in [2.45, 2.75) is 13.0 Å². The van der Waals surface area contributed by atoms with Gasteiger partial charge < -0.3 is 9.64 Å². The average molecular weight is 266 g/mol. The molecule has 0 N–H and O–H groups in total. The van der Waals surface area contributed by atoms with Crippen molar-refractivity contribution < 1.29 is 9.53 Å². The first-order valence-corrected chi connectivity index (χ1v) is 6.45. The van der Waals surface area contributed by atoms with Crippen LogP contribution in [0.15, 0.2) is 42.0 Å². The van der Waals surface area contributed by atoms with Gasteiger partial charge in [0, 0.05) is 5.69 Å². The molecule has 3 nitrogen and oxygen atoms in total. The van der Waals surface area contributed by atoms with Crippen LogP contribution in [0.5, 0.6) is 0 Å². The molecule has 0 spiro atoms. The van der Waals surface area contributed by atoms with Crippen molar-refractivity contribution in [1.29, 1.82) is 0 Å². The molecule has 0 aliphatic carbocycles. The maximum atomic E-state index is 12.1. The van der Waals surface area contributed by atoms with Crippen LogP contribution in [0.2, 0.25) is 0 Å². The molecule has 1 unspecified atom stereocenters. The van der Waals surface area contributed by atoms with Gasteiger partial charge in [-0.2, -0.15) is 0 Å². The number of hydrogen-bond acceptors (Lipinski definition) is 2. The molecule has 0 radical (unpaired) electrons. The predicted molar refractivity (Wildman–Crippen MR) is 73.0 cm³/mol. The molecule has 4 heteroatoms. The number of nitrogens with zero attached hydrogens (tertiary/aromatic N) is 1. The molecule has 2 rings (SSSR count). The maximum Gasteiger partial charge on any atom is 0.242 e. The Hall–Kier alpha value is -1.32. The summed E-state index contributed by atoms with van der Waals surface area (Å²) >= 11 is 5.71. The lowest BCUT2D eigenvalue weighted by atomic mass is 10.0. The molecule has 1 atom stereocenters. The van der Waals surface area contributed by atoms with Crippen molar-refractivity contribution in [3.05, 3.63) is 42.0 Å². The highest BCUT2D eigenvalue weighted by Gasteiger charge is 2.27. The van der Waals surface area contributed by atoms with Gasteiger partial charge in [0.25, 0.3) is 0 Å². The largest absolute Gasteiger partial charge is 0.375 e. The Morgan fingerprint density at radius 3 is 2.78 bits per heavy atom. The van der Waals surface area contributed by atoms with Gasteiger partial charge in [-0.3, -0.25) is 4.79 Å². The number of ether oxygens (including phenoxy) is 1. The van der Waals surface area contributed by atoms with E-state index in [1.165, 1.54) is 0 Å². The number of anilines is 1. The summed E-state index contributed by atoms with van der Waals surface area (Å²) in [5.41, 5.74) is 2.00. The van der Waals surface area contributed by atoms with Gasteiger partial charge in [-0.1, -0.05) is 24.3 Å². The average Bonchev–Trinajstić information content (AvgIpc) is 2.42. The fourth-order valence-electron chi connectivity index (χ4n) is 2.07. The van der Waals surface area contributed by atoms with E-state index in [1.807, 2.05) is 43.3 Å². The zero-order valence-corrected chi connectivity index (χ0v) is 11.1. The van der Waals surface area contributed by atoms with Crippen LogP contribution in [0.25, 0.3) is 0 Å². The number of rotatable bonds is 3. The molecular formula is C14H16ClNO2. The highest BCUT2D eigenvalue weighted by Crippen LogP contribution is 2.23. The highest BCUT2D eigenvalue weighted by molar-refractivity contribution is 6.29. The highest BCUT2D eigenvalue weighted by atomic mass is 35.5. The molecule has 0 aromatic heterocycles. The van der Waals surface area contributed by atoms with Crippen LogP contribution >= 0.6 is 11.6 Å². The van der Waals surface area contributed by atoms with Gasteiger partial charge >= 0.3 is 0 Å². The number of hydrogen-bond donors (Lipinski definition) is 0. The van der Waals surface area contributed by atoms with E-state index in [2.05, 4.69) is 0 Å². The van der Waals surface area contributed by atoms with Crippen molar-refractivity contribution in [1.82, 2.24) is 0 Å². The fourth-order valence-corrected chi connectivity index (χ4v) is 2.20. The third-order valence-electron chi connectivity index (χ3n) is 3.05. The summed E-state index contributed by atoms with van der Waals surface area (Å²) in [6, 6.07) is 9.50. The molecule has 1 aromatic carbocycles. The number of benzene rings is 1. The molecule has 1 aliphatic heterocycles. The topological polar surface area (TPSA) is 29.5 Å². The second-order valence-electron chi connectivity index (χ2n) is 4.23. The number of halogens is 1. The second kappa shape index (κ2) is 6.03. The van der Waals surface area contributed by atoms with Crippen molar-refractivity contribution in [2.24, 2.45) is 0 Å². The minimum atomic E-state index is -0.105. The van der Waals surface area contributed by atoms with E-state index in [9.17, 15) is 4.79 Å². The van der Waals surface area contributed by atoms with E-state index in [-0.39, 0.29) is 17.8 Å². The van der Waals surface area contributed by atoms with Crippen LogP contribution in [0.1, 0.15) is 6.92 Å². The summed E-state index contributed by atoms with van der Waals surface area (Å²) in [6.07, 6.45) is 2.01. The van der Waals surface area contributed by atoms with Crippen LogP contribution in [0, 0.1) is 0 Å². The number of amides is 1. The summed E-state index contributed by atoms with van der Waals surface area (Å²) in [5.74, 6) is -0.135. The summed E-state index contributed by atoms with van der Waals surface area (Å²) < 4.78 is 5.44. The first-order chi connectivity index (χ1) is 8.74. The van der Waals surface area contributed by atoms with Gasteiger partial charge in [0.15, 0.2) is 0 Å². The van der Waals surface area contributed by atoms with Gasteiger partial charge in [-0.25, -0.2) is 0 Å². The molecule has 0 fully saturated rings. The Kier molecular flexibility index (Phi) is 4.39. The van der Waals surface area contributed by atoms with Crippen LogP contribution in [0.4, 0.5) is 5.69 Å². The van der Waals surface area contributed by atoms with Crippen LogP contribution in [0.3, 0.4) is 0 Å². The Balaban J connectivity index is 2.34. The molecule has 18 heavy (non-hydrogen) atoms. The molecule has 96 valence electrons. The summed E-state index contributed by atoms with van der Waals surface area (Å²) in [4.78, 5) is 13.8. The molecule has 1 heterocycles. The van der Waals surface area contributed by atoms with Gasteiger partial charge in [-0.15, -0.1) is 11.6 Å². The van der Waals surface area contributed by atoms with Crippen LogP contribution in [-0.4, -0.2) is 31.0 Å². The van der Waals surface area contributed by atoms with Gasteiger partial charge in [-0.05, 0) is 24.6 Å². The monoisotopic (exact) mass is 265 g/mol. The molecule has 1 aliphatic rings. The number of para-hydroxylation sites is 1. The zero-order valence-electron chi connectivity index (χ0n) is 10.3. The minimum absolute atomic E-state index is 0.0291. The molecule has 0 saturated carbocycles. The van der Waals surface area contributed by atoms with E-state index in [0.717, 1.165) is 11.3 Å². The quantitative estimate of drug-likeness (QED) is 0.621. The van der Waals surface area contributed by atoms with Crippen molar-refractivity contribution in [2.75, 3.05) is 24.0 Å². The normalized spacial score (nSPS) is 19.2. The first kappa shape index (κ1) is 13.1. The molecule has 1 amide bonds. The third-order valence-corrected chi connectivity index (χ3v) is 3.28. The van der Waals surface area contributed by atoms with E-state index in [0.29, 0.717) is 13.2 Å². The second-order valence-corrected chi connectivity index (χ2v) is 4.50. The SMILES string of the molecule is CC1=CCOCC1N(C(=O)CCl)c1ccccc1. The number of carbonyl (C=O) groups excluding carboxylic acids is 1. The Morgan fingerprint density at radius 1 is 1.44 bits per heavy atom. The lowest BCUT2D eigenvalue weighted by Crippen LogP contribution is -2.46. The Morgan fingerprint density at radius 2 is 2.17 bits per heavy atom. The molecule has 0 saturated heterocycles. The van der Waals surface area contributed by atoms with E-state index < -0.39 is 0 Å². The summed E-state index contributed by atoms with van der Waals surface area (Å²) in [7, 11) is 0. The van der Waals surface area contributed by atoms with Crippen LogP contribution in [-0.2, 0) is 9.53 Å². The lowest BCUT2D eigenvalue weighted by Gasteiger charge is -2.34. The third kappa shape index (κ3) is 2.74. The van der Waals surface area contributed by atoms with Crippen molar-refractivity contribution >= 4 is 23.2 Å².